The second kappa shape index (κ2) is 14.5. The topological polar surface area (TPSA) is 86.8 Å². The van der Waals surface area contributed by atoms with Gasteiger partial charge in [0.2, 0.25) is 11.8 Å². The van der Waals surface area contributed by atoms with Crippen LogP contribution in [0.25, 0.3) is 0 Å². The molecule has 7 nitrogen and oxygen atoms in total. The van der Waals surface area contributed by atoms with E-state index in [9.17, 15) is 22.4 Å². The number of rotatable bonds is 13. The Hall–Kier alpha value is -3.14. The molecule has 0 aliphatic rings. The maximum atomic E-state index is 14.0. The molecule has 0 unspecified atom stereocenters. The molecular weight excluding hydrogens is 576 g/mol. The number of hydrogen-bond donors (Lipinski definition) is 1. The zero-order valence-corrected chi connectivity index (χ0v) is 24.6. The van der Waals surface area contributed by atoms with Crippen LogP contribution in [-0.4, -0.2) is 44.3 Å². The maximum absolute atomic E-state index is 14.0. The van der Waals surface area contributed by atoms with Crippen LogP contribution in [0.1, 0.15) is 38.7 Å². The van der Waals surface area contributed by atoms with Crippen LogP contribution in [0.4, 0.5) is 10.1 Å². The first-order valence-electron chi connectivity index (χ1n) is 12.9. The Kier molecular flexibility index (Phi) is 11.4. The van der Waals surface area contributed by atoms with E-state index in [0.29, 0.717) is 22.2 Å². The van der Waals surface area contributed by atoms with Crippen LogP contribution in [0.5, 0.6) is 0 Å². The van der Waals surface area contributed by atoms with Gasteiger partial charge in [-0.3, -0.25) is 13.9 Å². The number of nitrogens with one attached hydrogen (secondary N) is 1. The van der Waals surface area contributed by atoms with Gasteiger partial charge in [-0.2, -0.15) is 0 Å². The molecule has 0 spiro atoms. The van der Waals surface area contributed by atoms with E-state index in [4.69, 9.17) is 23.2 Å². The fourth-order valence-electron chi connectivity index (χ4n) is 4.11. The van der Waals surface area contributed by atoms with Crippen molar-refractivity contribution in [3.8, 4) is 0 Å². The van der Waals surface area contributed by atoms with Gasteiger partial charge < -0.3 is 10.2 Å². The van der Waals surface area contributed by atoms with E-state index < -0.39 is 34.3 Å². The summed E-state index contributed by atoms with van der Waals surface area (Å²) in [5, 5.41) is 3.58. The number of nitrogens with zero attached hydrogens (tertiary/aromatic N) is 2. The molecule has 0 saturated heterocycles. The highest BCUT2D eigenvalue weighted by Gasteiger charge is 2.33. The summed E-state index contributed by atoms with van der Waals surface area (Å²) in [6.07, 6.45) is 1.92. The number of anilines is 1. The summed E-state index contributed by atoms with van der Waals surface area (Å²) in [6, 6.07) is 16.4. The molecule has 1 atom stereocenters. The average molecular weight is 609 g/mol. The first-order valence-corrected chi connectivity index (χ1v) is 15.1. The van der Waals surface area contributed by atoms with Gasteiger partial charge in [0.15, 0.2) is 0 Å². The molecule has 3 aromatic carbocycles. The van der Waals surface area contributed by atoms with Crippen LogP contribution in [0.15, 0.2) is 77.7 Å². The van der Waals surface area contributed by atoms with E-state index in [2.05, 4.69) is 5.32 Å². The van der Waals surface area contributed by atoms with E-state index in [1.54, 1.807) is 37.3 Å². The van der Waals surface area contributed by atoms with Crippen molar-refractivity contribution in [2.75, 3.05) is 17.4 Å². The number of benzene rings is 3. The molecule has 0 heterocycles. The number of carbonyl (C=O) groups excluding carboxylic acids is 2. The van der Waals surface area contributed by atoms with Crippen molar-refractivity contribution in [3.63, 3.8) is 0 Å². The fraction of sp³-hybridized carbons (Fsp3) is 0.310. The summed E-state index contributed by atoms with van der Waals surface area (Å²) < 4.78 is 42.1. The standard InChI is InChI=1S/C29H32Cl2FN3O4S/c1-3-5-17-33-29(37)27(4-2)34(19-21-11-12-22(30)18-26(21)31)28(36)20-35(24-15-13-23(32)14-16-24)40(38,39)25-9-7-6-8-10-25/h6-16,18,27H,3-5,17,19-20H2,1-2H3,(H,33,37)/t27-/m0/s1. The molecular formula is C29H32Cl2FN3O4S. The molecule has 0 aromatic heterocycles. The van der Waals surface area contributed by atoms with Gasteiger partial charge in [0.05, 0.1) is 10.6 Å². The van der Waals surface area contributed by atoms with Crippen molar-refractivity contribution >= 4 is 50.7 Å². The quantitative estimate of drug-likeness (QED) is 0.240. The predicted octanol–water partition coefficient (Wildman–Crippen LogP) is 6.05. The van der Waals surface area contributed by atoms with E-state index in [-0.39, 0.29) is 29.5 Å². The molecule has 0 radical (unpaired) electrons. The lowest BCUT2D eigenvalue weighted by molar-refractivity contribution is -0.140. The van der Waals surface area contributed by atoms with Crippen molar-refractivity contribution < 1.29 is 22.4 Å². The highest BCUT2D eigenvalue weighted by Crippen LogP contribution is 2.27. The minimum Gasteiger partial charge on any atom is -0.354 e. The van der Waals surface area contributed by atoms with Gasteiger partial charge >= 0.3 is 0 Å². The largest absolute Gasteiger partial charge is 0.354 e. The summed E-state index contributed by atoms with van der Waals surface area (Å²) in [7, 11) is -4.23. The summed E-state index contributed by atoms with van der Waals surface area (Å²) in [4.78, 5) is 28.5. The molecule has 3 aromatic rings. The van der Waals surface area contributed by atoms with Gasteiger partial charge in [-0.25, -0.2) is 12.8 Å². The molecule has 3 rings (SSSR count). The van der Waals surface area contributed by atoms with Crippen molar-refractivity contribution in [1.82, 2.24) is 10.2 Å². The smallest absolute Gasteiger partial charge is 0.264 e. The van der Waals surface area contributed by atoms with Gasteiger partial charge in [-0.1, -0.05) is 67.7 Å². The summed E-state index contributed by atoms with van der Waals surface area (Å²) in [5.74, 6) is -1.54. The van der Waals surface area contributed by atoms with Gasteiger partial charge in [0, 0.05) is 23.1 Å². The van der Waals surface area contributed by atoms with E-state index in [1.807, 2.05) is 6.92 Å². The third kappa shape index (κ3) is 7.96. The number of unbranched alkanes of at least 4 members (excludes halogenated alkanes) is 1. The lowest BCUT2D eigenvalue weighted by Gasteiger charge is -2.33. The van der Waals surface area contributed by atoms with Crippen LogP contribution < -0.4 is 9.62 Å². The Balaban J connectivity index is 2.04. The maximum Gasteiger partial charge on any atom is 0.264 e. The van der Waals surface area contributed by atoms with Gasteiger partial charge in [0.1, 0.15) is 18.4 Å². The minimum atomic E-state index is -4.23. The van der Waals surface area contributed by atoms with Crippen molar-refractivity contribution in [1.29, 1.82) is 0 Å². The lowest BCUT2D eigenvalue weighted by atomic mass is 10.1. The fourth-order valence-corrected chi connectivity index (χ4v) is 6.02. The number of hydrogen-bond acceptors (Lipinski definition) is 4. The average Bonchev–Trinajstić information content (AvgIpc) is 2.93. The van der Waals surface area contributed by atoms with Crippen molar-refractivity contribution in [3.05, 3.63) is 94.2 Å². The van der Waals surface area contributed by atoms with Gasteiger partial charge in [-0.05, 0) is 66.9 Å². The second-order valence-electron chi connectivity index (χ2n) is 9.13. The molecule has 0 aliphatic heterocycles. The van der Waals surface area contributed by atoms with E-state index >= 15 is 0 Å². The molecule has 0 bridgehead atoms. The molecule has 1 N–H and O–H groups in total. The Labute approximate surface area is 244 Å². The third-order valence-corrected chi connectivity index (χ3v) is 8.67. The van der Waals surface area contributed by atoms with Crippen LogP contribution in [0, 0.1) is 5.82 Å². The van der Waals surface area contributed by atoms with Crippen LogP contribution in [0.3, 0.4) is 0 Å². The van der Waals surface area contributed by atoms with Crippen LogP contribution >= 0.6 is 23.2 Å². The second-order valence-corrected chi connectivity index (χ2v) is 11.8. The van der Waals surface area contributed by atoms with Crippen LogP contribution in [-0.2, 0) is 26.2 Å². The van der Waals surface area contributed by atoms with Gasteiger partial charge in [0.25, 0.3) is 10.0 Å². The Morgan fingerprint density at radius 1 is 0.975 bits per heavy atom. The first kappa shape index (κ1) is 31.4. The zero-order chi connectivity index (χ0) is 29.3. The molecule has 214 valence electrons. The molecule has 0 fully saturated rings. The molecule has 40 heavy (non-hydrogen) atoms. The number of sulfonamides is 1. The first-order chi connectivity index (χ1) is 19.1. The SMILES string of the molecule is CCCCNC(=O)[C@H](CC)N(Cc1ccc(Cl)cc1Cl)C(=O)CN(c1ccc(F)cc1)S(=O)(=O)c1ccccc1. The normalized spacial score (nSPS) is 12.0. The summed E-state index contributed by atoms with van der Waals surface area (Å²) in [6.45, 7) is 3.52. The Bertz CT molecular complexity index is 1410. The Morgan fingerprint density at radius 3 is 2.25 bits per heavy atom. The van der Waals surface area contributed by atoms with E-state index in [1.165, 1.54) is 35.2 Å². The lowest BCUT2D eigenvalue weighted by Crippen LogP contribution is -2.52. The van der Waals surface area contributed by atoms with Gasteiger partial charge in [-0.15, -0.1) is 0 Å². The van der Waals surface area contributed by atoms with E-state index in [0.717, 1.165) is 29.3 Å². The zero-order valence-electron chi connectivity index (χ0n) is 22.3. The molecule has 11 heteroatoms. The number of halogens is 3. The third-order valence-electron chi connectivity index (χ3n) is 6.30. The van der Waals surface area contributed by atoms with Crippen LogP contribution in [0.2, 0.25) is 10.0 Å². The Morgan fingerprint density at radius 2 is 1.65 bits per heavy atom. The molecule has 2 amide bonds. The molecule has 0 aliphatic carbocycles. The molecule has 0 saturated carbocycles. The summed E-state index contributed by atoms with van der Waals surface area (Å²) >= 11 is 12.5. The minimum absolute atomic E-state index is 0.0382. The number of carbonyl (C=O) groups is 2. The number of amides is 2. The van der Waals surface area contributed by atoms with Crippen molar-refractivity contribution in [2.45, 2.75) is 50.6 Å². The van der Waals surface area contributed by atoms with Crippen molar-refractivity contribution in [2.24, 2.45) is 0 Å². The summed E-state index contributed by atoms with van der Waals surface area (Å²) in [5.41, 5.74) is 0.641. The highest BCUT2D eigenvalue weighted by atomic mass is 35.5. The monoisotopic (exact) mass is 607 g/mol. The predicted molar refractivity (Wildman–Crippen MR) is 156 cm³/mol. The highest BCUT2D eigenvalue weighted by molar-refractivity contribution is 7.92.